The maximum atomic E-state index is 11.4. The van der Waals surface area contributed by atoms with Crippen LogP contribution >= 0.6 is 0 Å². The number of hydrogen-bond donors (Lipinski definition) is 1. The minimum Gasteiger partial charge on any atom is -0.480 e. The lowest BCUT2D eigenvalue weighted by Crippen LogP contribution is -2.42. The average molecular weight is 251 g/mol. The van der Waals surface area contributed by atoms with Crippen molar-refractivity contribution in [2.24, 2.45) is 7.05 Å². The Morgan fingerprint density at radius 2 is 2.22 bits per heavy atom. The van der Waals surface area contributed by atoms with Crippen LogP contribution in [0.2, 0.25) is 0 Å². The first kappa shape index (κ1) is 13.1. The zero-order valence-electron chi connectivity index (χ0n) is 10.9. The van der Waals surface area contributed by atoms with Crippen LogP contribution in [0.5, 0.6) is 0 Å². The molecule has 0 spiro atoms. The van der Waals surface area contributed by atoms with Crippen LogP contribution in [0.4, 0.5) is 0 Å². The van der Waals surface area contributed by atoms with Crippen LogP contribution in [0, 0.1) is 0 Å². The van der Waals surface area contributed by atoms with Gasteiger partial charge in [-0.05, 0) is 19.4 Å². The van der Waals surface area contributed by atoms with Gasteiger partial charge in [-0.3, -0.25) is 14.4 Å². The van der Waals surface area contributed by atoms with Crippen LogP contribution in [-0.4, -0.2) is 38.3 Å². The van der Waals surface area contributed by atoms with Crippen molar-refractivity contribution in [3.8, 4) is 0 Å². The molecule has 1 aliphatic heterocycles. The molecule has 1 aliphatic rings. The summed E-state index contributed by atoms with van der Waals surface area (Å²) in [6.45, 7) is 1.55. The summed E-state index contributed by atoms with van der Waals surface area (Å²) in [6.07, 6.45) is 9.00. The molecule has 1 aromatic rings. The molecule has 0 radical (unpaired) electrons. The van der Waals surface area contributed by atoms with E-state index in [0.29, 0.717) is 6.54 Å². The number of aliphatic carboxylic acids is 1. The van der Waals surface area contributed by atoms with Crippen molar-refractivity contribution in [2.75, 3.05) is 6.54 Å². The Bertz CT molecular complexity index is 403. The number of aromatic nitrogens is 2. The fourth-order valence-electron chi connectivity index (χ4n) is 2.60. The molecule has 1 atom stereocenters. The molecule has 0 amide bonds. The lowest BCUT2D eigenvalue weighted by atomic mass is 10.0. The average Bonchev–Trinajstić information content (AvgIpc) is 2.67. The molecular weight excluding hydrogens is 230 g/mol. The minimum absolute atomic E-state index is 0.342. The summed E-state index contributed by atoms with van der Waals surface area (Å²) in [6, 6.07) is -0.342. The van der Waals surface area contributed by atoms with E-state index in [2.05, 4.69) is 10.00 Å². The van der Waals surface area contributed by atoms with E-state index in [1.807, 2.05) is 19.4 Å². The molecule has 0 bridgehead atoms. The number of rotatable bonds is 3. The molecule has 1 fully saturated rings. The molecule has 100 valence electrons. The second-order valence-corrected chi connectivity index (χ2v) is 5.05. The number of carboxylic acids is 1. The molecule has 0 aliphatic carbocycles. The second kappa shape index (κ2) is 6.00. The summed E-state index contributed by atoms with van der Waals surface area (Å²) in [7, 11) is 1.88. The van der Waals surface area contributed by atoms with Crippen molar-refractivity contribution < 1.29 is 9.90 Å². The number of carbonyl (C=O) groups is 1. The first-order chi connectivity index (χ1) is 8.66. The van der Waals surface area contributed by atoms with Gasteiger partial charge in [0.25, 0.3) is 0 Å². The van der Waals surface area contributed by atoms with Gasteiger partial charge in [-0.1, -0.05) is 19.3 Å². The standard InChI is InChI=1S/C13H21N3O2/c1-15-9-11(8-14-15)10-16-7-5-3-2-4-6-12(16)13(17)18/h8-9,12H,2-7,10H2,1H3,(H,17,18). The highest BCUT2D eigenvalue weighted by Crippen LogP contribution is 2.19. The molecule has 5 nitrogen and oxygen atoms in total. The van der Waals surface area contributed by atoms with Crippen LogP contribution in [0.25, 0.3) is 0 Å². The monoisotopic (exact) mass is 251 g/mol. The first-order valence-corrected chi connectivity index (χ1v) is 6.61. The van der Waals surface area contributed by atoms with E-state index in [-0.39, 0.29) is 6.04 Å². The highest BCUT2D eigenvalue weighted by atomic mass is 16.4. The van der Waals surface area contributed by atoms with Gasteiger partial charge >= 0.3 is 5.97 Å². The molecule has 2 rings (SSSR count). The van der Waals surface area contributed by atoms with Gasteiger partial charge in [0.1, 0.15) is 6.04 Å². The van der Waals surface area contributed by atoms with E-state index >= 15 is 0 Å². The summed E-state index contributed by atoms with van der Waals surface area (Å²) < 4.78 is 1.76. The van der Waals surface area contributed by atoms with E-state index in [0.717, 1.165) is 37.8 Å². The quantitative estimate of drug-likeness (QED) is 0.887. The lowest BCUT2D eigenvalue weighted by Gasteiger charge is -2.30. The summed E-state index contributed by atoms with van der Waals surface area (Å²) in [5, 5.41) is 13.5. The largest absolute Gasteiger partial charge is 0.480 e. The molecule has 2 heterocycles. The Labute approximate surface area is 107 Å². The molecule has 1 N–H and O–H groups in total. The number of nitrogens with zero attached hydrogens (tertiary/aromatic N) is 3. The van der Waals surface area contributed by atoms with Crippen LogP contribution in [0.15, 0.2) is 12.4 Å². The zero-order valence-corrected chi connectivity index (χ0v) is 10.9. The zero-order chi connectivity index (χ0) is 13.0. The van der Waals surface area contributed by atoms with Crippen molar-refractivity contribution >= 4 is 5.97 Å². The van der Waals surface area contributed by atoms with Gasteiger partial charge in [0.05, 0.1) is 6.20 Å². The van der Waals surface area contributed by atoms with Gasteiger partial charge in [-0.25, -0.2) is 0 Å². The van der Waals surface area contributed by atoms with E-state index in [9.17, 15) is 9.90 Å². The highest BCUT2D eigenvalue weighted by Gasteiger charge is 2.26. The summed E-state index contributed by atoms with van der Waals surface area (Å²) >= 11 is 0. The number of carboxylic acid groups (broad SMARTS) is 1. The summed E-state index contributed by atoms with van der Waals surface area (Å²) in [4.78, 5) is 13.4. The molecule has 0 saturated carbocycles. The van der Waals surface area contributed by atoms with E-state index in [4.69, 9.17) is 0 Å². The molecule has 18 heavy (non-hydrogen) atoms. The summed E-state index contributed by atoms with van der Waals surface area (Å²) in [5.41, 5.74) is 1.09. The van der Waals surface area contributed by atoms with Gasteiger partial charge in [-0.2, -0.15) is 5.10 Å². The van der Waals surface area contributed by atoms with Crippen molar-refractivity contribution in [1.29, 1.82) is 0 Å². The van der Waals surface area contributed by atoms with E-state index in [1.165, 1.54) is 6.42 Å². The highest BCUT2D eigenvalue weighted by molar-refractivity contribution is 5.73. The van der Waals surface area contributed by atoms with Crippen LogP contribution in [0.3, 0.4) is 0 Å². The minimum atomic E-state index is -0.694. The Morgan fingerprint density at radius 3 is 2.89 bits per heavy atom. The van der Waals surface area contributed by atoms with Gasteiger partial charge < -0.3 is 5.11 Å². The van der Waals surface area contributed by atoms with Crippen LogP contribution in [-0.2, 0) is 18.4 Å². The second-order valence-electron chi connectivity index (χ2n) is 5.05. The third-order valence-corrected chi connectivity index (χ3v) is 3.54. The van der Waals surface area contributed by atoms with Gasteiger partial charge in [0.2, 0.25) is 0 Å². The Hall–Kier alpha value is -1.36. The maximum absolute atomic E-state index is 11.4. The molecule has 1 aromatic heterocycles. The Balaban J connectivity index is 2.06. The third-order valence-electron chi connectivity index (χ3n) is 3.54. The lowest BCUT2D eigenvalue weighted by molar-refractivity contribution is -0.144. The third kappa shape index (κ3) is 3.32. The molecule has 1 unspecified atom stereocenters. The summed E-state index contributed by atoms with van der Waals surface area (Å²) in [5.74, 6) is -0.694. The fraction of sp³-hybridized carbons (Fsp3) is 0.692. The predicted octanol–water partition coefficient (Wildman–Crippen LogP) is 1.64. The van der Waals surface area contributed by atoms with Crippen molar-refractivity contribution in [3.63, 3.8) is 0 Å². The fourth-order valence-corrected chi connectivity index (χ4v) is 2.60. The van der Waals surface area contributed by atoms with Crippen molar-refractivity contribution in [2.45, 2.75) is 44.7 Å². The van der Waals surface area contributed by atoms with Gasteiger partial charge in [0, 0.05) is 25.4 Å². The van der Waals surface area contributed by atoms with Gasteiger partial charge in [-0.15, -0.1) is 0 Å². The van der Waals surface area contributed by atoms with Crippen molar-refractivity contribution in [3.05, 3.63) is 18.0 Å². The maximum Gasteiger partial charge on any atom is 0.320 e. The Morgan fingerprint density at radius 1 is 1.44 bits per heavy atom. The van der Waals surface area contributed by atoms with Crippen molar-refractivity contribution in [1.82, 2.24) is 14.7 Å². The first-order valence-electron chi connectivity index (χ1n) is 6.61. The number of aryl methyl sites for hydroxylation is 1. The molecule has 1 saturated heterocycles. The molecular formula is C13H21N3O2. The SMILES string of the molecule is Cn1cc(CN2CCCCCCC2C(=O)O)cn1. The topological polar surface area (TPSA) is 58.4 Å². The van der Waals surface area contributed by atoms with Gasteiger partial charge in [0.15, 0.2) is 0 Å². The van der Waals surface area contributed by atoms with E-state index < -0.39 is 5.97 Å². The van der Waals surface area contributed by atoms with E-state index in [1.54, 1.807) is 4.68 Å². The van der Waals surface area contributed by atoms with Crippen LogP contribution < -0.4 is 0 Å². The number of hydrogen-bond acceptors (Lipinski definition) is 3. The smallest absolute Gasteiger partial charge is 0.320 e. The Kier molecular flexibility index (Phi) is 4.36. The predicted molar refractivity (Wildman–Crippen MR) is 68.1 cm³/mol. The van der Waals surface area contributed by atoms with Crippen LogP contribution in [0.1, 0.15) is 37.7 Å². The molecule has 5 heteroatoms. The normalized spacial score (nSPS) is 22.4. The molecule has 0 aromatic carbocycles. The number of likely N-dealkylation sites (tertiary alicyclic amines) is 1.